The molecule has 0 aromatic heterocycles. The van der Waals surface area contributed by atoms with Gasteiger partial charge < -0.3 is 9.80 Å². The Morgan fingerprint density at radius 1 is 1.10 bits per heavy atom. The third-order valence-electron chi connectivity index (χ3n) is 4.44. The first-order valence-corrected chi connectivity index (χ1v) is 9.61. The molecule has 1 amide bonds. The second kappa shape index (κ2) is 7.07. The predicted octanol–water partition coefficient (Wildman–Crippen LogP) is 0.355. The van der Waals surface area contributed by atoms with Gasteiger partial charge in [0.05, 0.1) is 5.75 Å². The van der Waals surface area contributed by atoms with Gasteiger partial charge in [-0.05, 0) is 25.8 Å². The van der Waals surface area contributed by atoms with Crippen LogP contribution in [0.3, 0.4) is 0 Å². The van der Waals surface area contributed by atoms with Gasteiger partial charge in [-0.1, -0.05) is 13.8 Å². The molecular weight excluding hydrogens is 290 g/mol. The minimum Gasteiger partial charge on any atom is -0.339 e. The van der Waals surface area contributed by atoms with Crippen LogP contribution in [-0.2, 0) is 14.8 Å². The van der Waals surface area contributed by atoms with Crippen LogP contribution in [0.1, 0.15) is 33.1 Å². The van der Waals surface area contributed by atoms with Gasteiger partial charge in [0.15, 0.2) is 0 Å². The third kappa shape index (κ3) is 3.76. The number of rotatable bonds is 5. The molecule has 2 heterocycles. The van der Waals surface area contributed by atoms with Crippen LogP contribution in [0.15, 0.2) is 0 Å². The summed E-state index contributed by atoms with van der Waals surface area (Å²) < 4.78 is 26.0. The number of likely N-dealkylation sites (N-methyl/N-ethyl adjacent to an activating group) is 1. The van der Waals surface area contributed by atoms with Crippen molar-refractivity contribution in [1.82, 2.24) is 14.1 Å². The number of sulfonamides is 1. The van der Waals surface area contributed by atoms with E-state index < -0.39 is 16.1 Å². The summed E-state index contributed by atoms with van der Waals surface area (Å²) in [5.74, 6) is 0.142. The lowest BCUT2D eigenvalue weighted by atomic mass is 10.2. The van der Waals surface area contributed by atoms with E-state index in [1.807, 2.05) is 11.8 Å². The molecule has 0 bridgehead atoms. The van der Waals surface area contributed by atoms with Crippen molar-refractivity contribution in [3.8, 4) is 0 Å². The van der Waals surface area contributed by atoms with Crippen LogP contribution >= 0.6 is 0 Å². The van der Waals surface area contributed by atoms with Gasteiger partial charge in [0.25, 0.3) is 0 Å². The van der Waals surface area contributed by atoms with Crippen molar-refractivity contribution in [2.24, 2.45) is 0 Å². The lowest BCUT2D eigenvalue weighted by Crippen LogP contribution is -2.54. The SMILES string of the molecule is CCCS(=O)(=O)N1CCCC1C(=O)N1CCN(CC)CC1. The van der Waals surface area contributed by atoms with Crippen LogP contribution in [0, 0.1) is 0 Å². The summed E-state index contributed by atoms with van der Waals surface area (Å²) in [4.78, 5) is 16.8. The van der Waals surface area contributed by atoms with Gasteiger partial charge in [0, 0.05) is 32.7 Å². The molecule has 0 N–H and O–H groups in total. The van der Waals surface area contributed by atoms with Crippen molar-refractivity contribution < 1.29 is 13.2 Å². The highest BCUT2D eigenvalue weighted by atomic mass is 32.2. The van der Waals surface area contributed by atoms with Crippen LogP contribution < -0.4 is 0 Å². The summed E-state index contributed by atoms with van der Waals surface area (Å²) in [7, 11) is -3.28. The summed E-state index contributed by atoms with van der Waals surface area (Å²) in [6.07, 6.45) is 2.04. The van der Waals surface area contributed by atoms with Crippen LogP contribution in [0.2, 0.25) is 0 Å². The van der Waals surface area contributed by atoms with Gasteiger partial charge in [-0.25, -0.2) is 8.42 Å². The molecule has 21 heavy (non-hydrogen) atoms. The highest BCUT2D eigenvalue weighted by Gasteiger charge is 2.40. The second-order valence-corrected chi connectivity index (χ2v) is 7.89. The quantitative estimate of drug-likeness (QED) is 0.734. The standard InChI is InChI=1S/C14H27N3O3S/c1-3-12-21(19,20)17-7-5-6-13(17)14(18)16-10-8-15(4-2)9-11-16/h13H,3-12H2,1-2H3. The van der Waals surface area contributed by atoms with Crippen molar-refractivity contribution in [3.05, 3.63) is 0 Å². The normalized spacial score (nSPS) is 25.4. The number of piperazine rings is 1. The molecule has 0 aromatic rings. The van der Waals surface area contributed by atoms with E-state index in [-0.39, 0.29) is 11.7 Å². The highest BCUT2D eigenvalue weighted by molar-refractivity contribution is 7.89. The second-order valence-electron chi connectivity index (χ2n) is 5.84. The van der Waals surface area contributed by atoms with Gasteiger partial charge in [-0.3, -0.25) is 4.79 Å². The molecule has 0 radical (unpaired) electrons. The molecule has 2 fully saturated rings. The molecule has 7 heteroatoms. The van der Waals surface area contributed by atoms with Gasteiger partial charge in [-0.15, -0.1) is 0 Å². The van der Waals surface area contributed by atoms with Gasteiger partial charge >= 0.3 is 0 Å². The summed E-state index contributed by atoms with van der Waals surface area (Å²) in [6, 6.07) is -0.463. The zero-order chi connectivity index (χ0) is 15.5. The highest BCUT2D eigenvalue weighted by Crippen LogP contribution is 2.24. The molecule has 0 spiro atoms. The molecule has 0 saturated carbocycles. The molecule has 2 saturated heterocycles. The molecule has 2 aliphatic heterocycles. The predicted molar refractivity (Wildman–Crippen MR) is 82.5 cm³/mol. The fourth-order valence-corrected chi connectivity index (χ4v) is 4.93. The Bertz CT molecular complexity index is 458. The van der Waals surface area contributed by atoms with Crippen molar-refractivity contribution in [1.29, 1.82) is 0 Å². The van der Waals surface area contributed by atoms with Crippen LogP contribution in [-0.4, -0.2) is 79.5 Å². The van der Waals surface area contributed by atoms with Crippen LogP contribution in [0.4, 0.5) is 0 Å². The lowest BCUT2D eigenvalue weighted by Gasteiger charge is -2.36. The van der Waals surface area contributed by atoms with E-state index in [9.17, 15) is 13.2 Å². The first-order valence-electron chi connectivity index (χ1n) is 8.00. The lowest BCUT2D eigenvalue weighted by molar-refractivity contribution is -0.136. The summed E-state index contributed by atoms with van der Waals surface area (Å²) in [5, 5.41) is 0. The Kier molecular flexibility index (Phi) is 5.62. The number of amides is 1. The van der Waals surface area contributed by atoms with E-state index in [2.05, 4.69) is 11.8 Å². The van der Waals surface area contributed by atoms with Gasteiger partial charge in [0.1, 0.15) is 6.04 Å². The fourth-order valence-electron chi connectivity index (χ4n) is 3.19. The van der Waals surface area contributed by atoms with Crippen molar-refractivity contribution in [3.63, 3.8) is 0 Å². The minimum atomic E-state index is -3.28. The number of nitrogens with zero attached hydrogens (tertiary/aromatic N) is 3. The molecule has 122 valence electrons. The molecule has 2 aliphatic rings. The van der Waals surface area contributed by atoms with E-state index in [4.69, 9.17) is 0 Å². The van der Waals surface area contributed by atoms with E-state index >= 15 is 0 Å². The van der Waals surface area contributed by atoms with Gasteiger partial charge in [0.2, 0.25) is 15.9 Å². The van der Waals surface area contributed by atoms with Crippen molar-refractivity contribution in [2.45, 2.75) is 39.2 Å². The van der Waals surface area contributed by atoms with Crippen LogP contribution in [0.5, 0.6) is 0 Å². The Balaban J connectivity index is 2.01. The van der Waals surface area contributed by atoms with E-state index in [1.54, 1.807) is 0 Å². The molecular formula is C14H27N3O3S. The van der Waals surface area contributed by atoms with E-state index in [1.165, 1.54) is 4.31 Å². The molecule has 1 atom stereocenters. The molecule has 0 aliphatic carbocycles. The molecule has 1 unspecified atom stereocenters. The van der Waals surface area contributed by atoms with E-state index in [0.29, 0.717) is 32.5 Å². The fraction of sp³-hybridized carbons (Fsp3) is 0.929. The Morgan fingerprint density at radius 3 is 2.33 bits per heavy atom. The Hall–Kier alpha value is -0.660. The number of hydrogen-bond donors (Lipinski definition) is 0. The summed E-state index contributed by atoms with van der Waals surface area (Å²) in [5.41, 5.74) is 0. The number of carbonyl (C=O) groups excluding carboxylic acids is 1. The minimum absolute atomic E-state index is 0.00271. The maximum absolute atomic E-state index is 12.7. The van der Waals surface area contributed by atoms with Gasteiger partial charge in [-0.2, -0.15) is 4.31 Å². The third-order valence-corrected chi connectivity index (χ3v) is 6.52. The zero-order valence-electron chi connectivity index (χ0n) is 13.1. The summed E-state index contributed by atoms with van der Waals surface area (Å²) in [6.45, 7) is 8.67. The first-order chi connectivity index (χ1) is 9.99. The first kappa shape index (κ1) is 16.7. The maximum atomic E-state index is 12.7. The zero-order valence-corrected chi connectivity index (χ0v) is 13.9. The summed E-state index contributed by atoms with van der Waals surface area (Å²) >= 11 is 0. The molecule has 2 rings (SSSR count). The Morgan fingerprint density at radius 2 is 1.76 bits per heavy atom. The Labute approximate surface area is 128 Å². The molecule has 6 nitrogen and oxygen atoms in total. The average molecular weight is 317 g/mol. The van der Waals surface area contributed by atoms with Crippen LogP contribution in [0.25, 0.3) is 0 Å². The molecule has 0 aromatic carbocycles. The largest absolute Gasteiger partial charge is 0.339 e. The topological polar surface area (TPSA) is 60.9 Å². The van der Waals surface area contributed by atoms with E-state index in [0.717, 1.165) is 26.1 Å². The number of hydrogen-bond acceptors (Lipinski definition) is 4. The maximum Gasteiger partial charge on any atom is 0.241 e. The van der Waals surface area contributed by atoms with Crippen molar-refractivity contribution in [2.75, 3.05) is 45.0 Å². The monoisotopic (exact) mass is 317 g/mol. The smallest absolute Gasteiger partial charge is 0.241 e. The number of carbonyl (C=O) groups is 1. The van der Waals surface area contributed by atoms with Crippen molar-refractivity contribution >= 4 is 15.9 Å². The average Bonchev–Trinajstić information content (AvgIpc) is 2.97.